The molecule has 0 saturated carbocycles. The summed E-state index contributed by atoms with van der Waals surface area (Å²) < 4.78 is 31.4. The fraction of sp³-hybridized carbons (Fsp3) is 0.333. The van der Waals surface area contributed by atoms with Gasteiger partial charge in [0.15, 0.2) is 6.61 Å². The molecule has 2 aliphatic heterocycles. The molecule has 222 valence electrons. The van der Waals surface area contributed by atoms with Crippen LogP contribution >= 0.6 is 23.2 Å². The summed E-state index contributed by atoms with van der Waals surface area (Å²) >= 11 is 12.4. The van der Waals surface area contributed by atoms with Crippen LogP contribution in [0, 0.1) is 0 Å². The molecule has 1 N–H and O–H groups in total. The van der Waals surface area contributed by atoms with Gasteiger partial charge in [-0.3, -0.25) is 19.2 Å². The molecule has 1 unspecified atom stereocenters. The van der Waals surface area contributed by atoms with Gasteiger partial charge in [-0.15, -0.1) is 0 Å². The lowest BCUT2D eigenvalue weighted by Crippen LogP contribution is -2.47. The van der Waals surface area contributed by atoms with Gasteiger partial charge in [-0.1, -0.05) is 59.6 Å². The molecular formula is C30H32Cl2N4O5S. The number of amides is 2. The van der Waals surface area contributed by atoms with Crippen molar-refractivity contribution < 1.29 is 22.7 Å². The zero-order valence-electron chi connectivity index (χ0n) is 23.3. The van der Waals surface area contributed by atoms with E-state index in [2.05, 4.69) is 9.62 Å². The summed E-state index contributed by atoms with van der Waals surface area (Å²) in [6.45, 7) is 2.22. The molecular weight excluding hydrogens is 599 g/mol. The third-order valence-corrected chi connectivity index (χ3v) is 8.85. The molecule has 3 aromatic carbocycles. The Morgan fingerprint density at radius 3 is 2.40 bits per heavy atom. The van der Waals surface area contributed by atoms with E-state index >= 15 is 0 Å². The molecule has 1 atom stereocenters. The molecule has 12 heteroatoms. The van der Waals surface area contributed by atoms with Crippen LogP contribution in [0.15, 0.2) is 60.7 Å². The van der Waals surface area contributed by atoms with E-state index in [1.807, 2.05) is 30.3 Å². The van der Waals surface area contributed by atoms with Crippen LogP contribution in [0.2, 0.25) is 10.0 Å². The minimum atomic E-state index is -3.39. The fourth-order valence-electron chi connectivity index (χ4n) is 5.33. The van der Waals surface area contributed by atoms with Gasteiger partial charge in [0.1, 0.15) is 12.3 Å². The number of halogens is 2. The second-order valence-corrected chi connectivity index (χ2v) is 13.2. The van der Waals surface area contributed by atoms with Gasteiger partial charge in [0.2, 0.25) is 15.9 Å². The van der Waals surface area contributed by atoms with Gasteiger partial charge in [-0.25, -0.2) is 8.42 Å². The number of carbonyl (C=O) groups excluding carboxylic acids is 2. The maximum atomic E-state index is 13.7. The summed E-state index contributed by atoms with van der Waals surface area (Å²) in [6, 6.07) is 18.0. The maximum Gasteiger partial charge on any atom is 0.265 e. The fourth-order valence-corrected chi connectivity index (χ4v) is 6.19. The Labute approximate surface area is 256 Å². The van der Waals surface area contributed by atoms with E-state index in [-0.39, 0.29) is 36.0 Å². The molecule has 2 amide bonds. The van der Waals surface area contributed by atoms with E-state index in [1.165, 1.54) is 4.90 Å². The van der Waals surface area contributed by atoms with Crippen molar-refractivity contribution >= 4 is 56.4 Å². The minimum Gasteiger partial charge on any atom is -0.482 e. The normalized spacial score (nSPS) is 16.1. The molecule has 5 rings (SSSR count). The smallest absolute Gasteiger partial charge is 0.265 e. The predicted octanol–water partition coefficient (Wildman–Crippen LogP) is 5.05. The first-order valence-corrected chi connectivity index (χ1v) is 16.2. The van der Waals surface area contributed by atoms with Crippen molar-refractivity contribution in [2.45, 2.75) is 18.9 Å². The average Bonchev–Trinajstić information content (AvgIpc) is 3.47. The lowest BCUT2D eigenvalue weighted by Gasteiger charge is -2.35. The molecule has 0 spiro atoms. The highest BCUT2D eigenvalue weighted by Gasteiger charge is 2.32. The van der Waals surface area contributed by atoms with Gasteiger partial charge in [-0.2, -0.15) is 0 Å². The Morgan fingerprint density at radius 2 is 1.71 bits per heavy atom. The zero-order chi connectivity index (χ0) is 30.0. The van der Waals surface area contributed by atoms with Gasteiger partial charge < -0.3 is 14.5 Å². The molecule has 1 saturated heterocycles. The van der Waals surface area contributed by atoms with Crippen LogP contribution in [0.4, 0.5) is 11.4 Å². The number of benzene rings is 3. The largest absolute Gasteiger partial charge is 0.482 e. The van der Waals surface area contributed by atoms with Crippen LogP contribution in [-0.4, -0.2) is 76.1 Å². The van der Waals surface area contributed by atoms with Crippen molar-refractivity contribution in [2.75, 3.05) is 55.7 Å². The first-order valence-electron chi connectivity index (χ1n) is 13.6. The topological polar surface area (TPSA) is 99.3 Å². The third-order valence-electron chi connectivity index (χ3n) is 7.52. The standard InChI is InChI=1S/C30H32Cl2N4O5S/c1-34(29(37)18-36-26-15-24(31)25(32)16-28(26)41-19-30(36)38)27(17-35-12-3-4-13-35)21-10-8-20(9-11-21)22-6-5-7-23(14-22)33-42(2,39)40/h5-11,14-16,27,33H,3-4,12-13,17-19H2,1-2H3. The van der Waals surface area contributed by atoms with Crippen LogP contribution in [0.5, 0.6) is 5.75 Å². The predicted molar refractivity (Wildman–Crippen MR) is 166 cm³/mol. The Balaban J connectivity index is 1.38. The molecule has 0 radical (unpaired) electrons. The van der Waals surface area contributed by atoms with E-state index in [0.717, 1.165) is 48.9 Å². The van der Waals surface area contributed by atoms with E-state index in [9.17, 15) is 18.0 Å². The van der Waals surface area contributed by atoms with Gasteiger partial charge in [0.05, 0.1) is 28.0 Å². The van der Waals surface area contributed by atoms with Crippen molar-refractivity contribution in [3.05, 3.63) is 76.3 Å². The number of ether oxygens (including phenoxy) is 1. The van der Waals surface area contributed by atoms with Crippen molar-refractivity contribution in [2.24, 2.45) is 0 Å². The van der Waals surface area contributed by atoms with Gasteiger partial charge in [0, 0.05) is 25.3 Å². The second kappa shape index (κ2) is 12.5. The number of nitrogens with one attached hydrogen (secondary N) is 1. The van der Waals surface area contributed by atoms with Gasteiger partial charge in [0.25, 0.3) is 5.91 Å². The van der Waals surface area contributed by atoms with Gasteiger partial charge in [-0.05, 0) is 60.8 Å². The number of anilines is 2. The van der Waals surface area contributed by atoms with E-state index < -0.39 is 10.0 Å². The highest BCUT2D eigenvalue weighted by Crippen LogP contribution is 2.39. The summed E-state index contributed by atoms with van der Waals surface area (Å²) in [7, 11) is -1.63. The second-order valence-electron chi connectivity index (χ2n) is 10.6. The molecule has 0 bridgehead atoms. The number of nitrogens with zero attached hydrogens (tertiary/aromatic N) is 3. The first-order chi connectivity index (χ1) is 20.0. The van der Waals surface area contributed by atoms with E-state index in [4.69, 9.17) is 27.9 Å². The Kier molecular flexibility index (Phi) is 8.98. The molecule has 0 aliphatic carbocycles. The number of likely N-dealkylation sites (tertiary alicyclic amines) is 1. The minimum absolute atomic E-state index is 0.168. The number of hydrogen-bond acceptors (Lipinski definition) is 6. The van der Waals surface area contributed by atoms with Crippen molar-refractivity contribution in [3.8, 4) is 16.9 Å². The number of carbonyl (C=O) groups is 2. The zero-order valence-corrected chi connectivity index (χ0v) is 25.7. The van der Waals surface area contributed by atoms with Crippen LogP contribution in [0.25, 0.3) is 11.1 Å². The number of hydrogen-bond donors (Lipinski definition) is 1. The Morgan fingerprint density at radius 1 is 1.02 bits per heavy atom. The number of fused-ring (bicyclic) bond motifs is 1. The summed E-state index contributed by atoms with van der Waals surface area (Å²) in [6.07, 6.45) is 3.35. The molecule has 9 nitrogen and oxygen atoms in total. The average molecular weight is 632 g/mol. The van der Waals surface area contributed by atoms with Crippen LogP contribution in [0.3, 0.4) is 0 Å². The lowest BCUT2D eigenvalue weighted by molar-refractivity contribution is -0.133. The first kappa shape index (κ1) is 30.2. The van der Waals surface area contributed by atoms with E-state index in [0.29, 0.717) is 28.7 Å². The van der Waals surface area contributed by atoms with Crippen molar-refractivity contribution in [3.63, 3.8) is 0 Å². The van der Waals surface area contributed by atoms with Gasteiger partial charge >= 0.3 is 0 Å². The summed E-state index contributed by atoms with van der Waals surface area (Å²) in [4.78, 5) is 32.0. The Bertz CT molecular complexity index is 1590. The number of rotatable bonds is 9. The Hall–Kier alpha value is -3.31. The SMILES string of the molecule is CN(C(=O)CN1C(=O)COc2cc(Cl)c(Cl)cc21)C(CN1CCCC1)c1ccc(-c2cccc(NS(C)(=O)=O)c2)cc1. The molecule has 0 aromatic heterocycles. The highest BCUT2D eigenvalue weighted by molar-refractivity contribution is 7.92. The lowest BCUT2D eigenvalue weighted by atomic mass is 9.99. The van der Waals surface area contributed by atoms with Crippen LogP contribution < -0.4 is 14.4 Å². The quantitative estimate of drug-likeness (QED) is 0.355. The molecule has 1 fully saturated rings. The highest BCUT2D eigenvalue weighted by atomic mass is 35.5. The summed E-state index contributed by atoms with van der Waals surface area (Å²) in [5, 5.41) is 0.574. The van der Waals surface area contributed by atoms with Crippen LogP contribution in [0.1, 0.15) is 24.4 Å². The number of likely N-dealkylation sites (N-methyl/N-ethyl adjacent to an activating group) is 1. The monoisotopic (exact) mass is 630 g/mol. The summed E-state index contributed by atoms with van der Waals surface area (Å²) in [5.41, 5.74) is 3.62. The van der Waals surface area contributed by atoms with Crippen molar-refractivity contribution in [1.29, 1.82) is 0 Å². The number of sulfonamides is 1. The molecule has 2 aliphatic rings. The molecule has 2 heterocycles. The van der Waals surface area contributed by atoms with Crippen LogP contribution in [-0.2, 0) is 19.6 Å². The maximum absolute atomic E-state index is 13.7. The molecule has 42 heavy (non-hydrogen) atoms. The van der Waals surface area contributed by atoms with Crippen molar-refractivity contribution in [1.82, 2.24) is 9.80 Å². The summed E-state index contributed by atoms with van der Waals surface area (Å²) in [5.74, 6) is -0.162. The third kappa shape index (κ3) is 7.00. The molecule has 3 aromatic rings. The van der Waals surface area contributed by atoms with E-state index in [1.54, 1.807) is 42.3 Å².